The number of nitrogens with zero attached hydrogens (tertiary/aromatic N) is 1. The Kier molecular flexibility index (Phi) is 15.3. The number of phosphoric acid groups is 1. The molecule has 0 aromatic rings. The monoisotopic (exact) mass is 893 g/mol. The summed E-state index contributed by atoms with van der Waals surface area (Å²) in [7, 11) is -6.50. The lowest BCUT2D eigenvalue weighted by Gasteiger charge is -2.41. The summed E-state index contributed by atoms with van der Waals surface area (Å²) in [6.45, 7) is -10.4. The predicted octanol–water partition coefficient (Wildman–Crippen LogP) is 8.60. The van der Waals surface area contributed by atoms with Gasteiger partial charge in [0.25, 0.3) is 0 Å². The molecular weight excluding hydrogens is 875 g/mol. The van der Waals surface area contributed by atoms with Crippen LogP contribution in [0.4, 0.5) is 114 Å². The summed E-state index contributed by atoms with van der Waals surface area (Å²) in [5, 5.41) is 17.5. The Bertz CT molecular complexity index is 1280. The van der Waals surface area contributed by atoms with E-state index in [1.165, 1.54) is 0 Å². The first-order chi connectivity index (χ1) is 23.4. The van der Waals surface area contributed by atoms with Crippen LogP contribution in [0.15, 0.2) is 0 Å². The van der Waals surface area contributed by atoms with Crippen molar-refractivity contribution in [3.05, 3.63) is 0 Å². The number of aliphatic hydroxyl groups is 2. The molecule has 0 spiro atoms. The molecule has 1 atom stereocenters. The summed E-state index contributed by atoms with van der Waals surface area (Å²) in [5.74, 6) is -80.2. The first-order valence-electron chi connectivity index (χ1n) is 12.9. The molecule has 0 heterocycles. The summed E-state index contributed by atoms with van der Waals surface area (Å²) in [5.41, 5.74) is 0. The van der Waals surface area contributed by atoms with E-state index in [1.807, 2.05) is 0 Å². The molecule has 326 valence electrons. The van der Waals surface area contributed by atoms with Crippen LogP contribution in [-0.2, 0) is 18.2 Å². The van der Waals surface area contributed by atoms with Gasteiger partial charge in [-0.2, -0.15) is 124 Å². The lowest BCUT2D eigenvalue weighted by Crippen LogP contribution is -2.72. The van der Waals surface area contributed by atoms with Crippen molar-refractivity contribution in [2.75, 3.05) is 39.5 Å². The average Bonchev–Trinajstić information content (AvgIpc) is 2.95. The highest BCUT2D eigenvalue weighted by Crippen LogP contribution is 2.63. The Balaban J connectivity index is 6.55. The van der Waals surface area contributed by atoms with E-state index >= 15 is 0 Å². The SMILES string of the molecule is O=P(OCCC(F)(F)C(F)(F)C(F)(F)C(F)(F)C(F)(F)F)(OCCC(F)(F)C(F)(F)C(F)(F)C(F)(F)C(F)(F)C(F)(F)C(F)(F)F)ON(CCO)CCO. The Hall–Kier alpha value is -1.83. The second-order valence-corrected chi connectivity index (χ2v) is 11.6. The molecular formula is C20H18F26NO6P. The zero-order valence-corrected chi connectivity index (χ0v) is 25.8. The Morgan fingerprint density at radius 2 is 0.648 bits per heavy atom. The smallest absolute Gasteiger partial charge is 0.395 e. The van der Waals surface area contributed by atoms with Gasteiger partial charge in [0.05, 0.1) is 26.4 Å². The van der Waals surface area contributed by atoms with E-state index in [4.69, 9.17) is 10.2 Å². The molecule has 0 aromatic heterocycles. The summed E-state index contributed by atoms with van der Waals surface area (Å²) in [4.78, 5) is 0. The fraction of sp³-hybridized carbons (Fsp3) is 1.00. The number of halogens is 26. The van der Waals surface area contributed by atoms with Crippen molar-refractivity contribution in [1.29, 1.82) is 0 Å². The third-order valence-corrected chi connectivity index (χ3v) is 7.67. The normalized spacial score (nSPS) is 17.0. The van der Waals surface area contributed by atoms with Crippen molar-refractivity contribution in [2.24, 2.45) is 0 Å². The molecule has 0 aliphatic rings. The molecule has 34 heteroatoms. The van der Waals surface area contributed by atoms with Crippen LogP contribution in [0.25, 0.3) is 0 Å². The molecule has 7 nitrogen and oxygen atoms in total. The van der Waals surface area contributed by atoms with Crippen LogP contribution in [0.5, 0.6) is 0 Å². The van der Waals surface area contributed by atoms with Gasteiger partial charge in [-0.15, -0.1) is 0 Å². The highest BCUT2D eigenvalue weighted by atomic mass is 31.2. The van der Waals surface area contributed by atoms with Gasteiger partial charge in [-0.3, -0.25) is 9.05 Å². The molecule has 0 aliphatic heterocycles. The molecule has 0 radical (unpaired) electrons. The first kappa shape index (κ1) is 52.2. The van der Waals surface area contributed by atoms with Crippen molar-refractivity contribution in [3.63, 3.8) is 0 Å². The molecule has 54 heavy (non-hydrogen) atoms. The number of alkyl halides is 26. The minimum Gasteiger partial charge on any atom is -0.395 e. The van der Waals surface area contributed by atoms with Gasteiger partial charge >= 0.3 is 79.4 Å². The molecule has 0 fully saturated rings. The number of aliphatic hydroxyl groups excluding tert-OH is 2. The number of hydroxylamine groups is 2. The Morgan fingerprint density at radius 3 is 0.907 bits per heavy atom. The predicted molar refractivity (Wildman–Crippen MR) is 117 cm³/mol. The van der Waals surface area contributed by atoms with Gasteiger partial charge in [-0.25, -0.2) is 4.57 Å². The summed E-state index contributed by atoms with van der Waals surface area (Å²) < 4.78 is 369. The minimum atomic E-state index is -8.75. The quantitative estimate of drug-likeness (QED) is 0.0640. The summed E-state index contributed by atoms with van der Waals surface area (Å²) in [6.07, 6.45) is -22.4. The van der Waals surface area contributed by atoms with Crippen LogP contribution in [0.3, 0.4) is 0 Å². The van der Waals surface area contributed by atoms with Crippen molar-refractivity contribution in [2.45, 2.75) is 84.4 Å². The largest absolute Gasteiger partial charge is 0.491 e. The third kappa shape index (κ3) is 9.14. The fourth-order valence-corrected chi connectivity index (χ4v) is 4.38. The van der Waals surface area contributed by atoms with E-state index in [0.29, 0.717) is 0 Å². The number of rotatable bonds is 22. The molecule has 0 aromatic carbocycles. The molecule has 0 rings (SSSR count). The van der Waals surface area contributed by atoms with Crippen molar-refractivity contribution >= 4 is 7.82 Å². The van der Waals surface area contributed by atoms with Gasteiger partial charge in [0.2, 0.25) is 0 Å². The zero-order chi connectivity index (χ0) is 43.9. The first-order valence-corrected chi connectivity index (χ1v) is 14.3. The molecule has 0 aliphatic carbocycles. The highest BCUT2D eigenvalue weighted by Gasteiger charge is 2.93. The highest BCUT2D eigenvalue weighted by molar-refractivity contribution is 7.48. The third-order valence-electron chi connectivity index (χ3n) is 6.24. The van der Waals surface area contributed by atoms with Crippen LogP contribution in [-0.4, -0.2) is 126 Å². The van der Waals surface area contributed by atoms with Crippen LogP contribution in [0.1, 0.15) is 12.8 Å². The van der Waals surface area contributed by atoms with Crippen LogP contribution < -0.4 is 0 Å². The van der Waals surface area contributed by atoms with Crippen molar-refractivity contribution in [3.8, 4) is 0 Å². The Labute approximate surface area is 280 Å². The number of phosphoric ester groups is 1. The van der Waals surface area contributed by atoms with E-state index in [9.17, 15) is 119 Å². The maximum atomic E-state index is 14.1. The van der Waals surface area contributed by atoms with E-state index < -0.39 is 132 Å². The lowest BCUT2D eigenvalue weighted by atomic mass is 9.90. The molecule has 1 unspecified atom stereocenters. The topological polar surface area (TPSA) is 88.5 Å². The van der Waals surface area contributed by atoms with Crippen LogP contribution in [0.2, 0.25) is 0 Å². The van der Waals surface area contributed by atoms with Crippen molar-refractivity contribution in [1.82, 2.24) is 5.06 Å². The van der Waals surface area contributed by atoms with Crippen LogP contribution in [0, 0.1) is 0 Å². The van der Waals surface area contributed by atoms with E-state index in [0.717, 1.165) is 0 Å². The molecule has 2 N–H and O–H groups in total. The van der Waals surface area contributed by atoms with E-state index in [-0.39, 0.29) is 5.06 Å². The second kappa shape index (κ2) is 15.8. The van der Waals surface area contributed by atoms with Gasteiger partial charge < -0.3 is 10.2 Å². The molecule has 0 amide bonds. The maximum Gasteiger partial charge on any atom is 0.491 e. The van der Waals surface area contributed by atoms with Crippen molar-refractivity contribution < 1.29 is 143 Å². The summed E-state index contributed by atoms with van der Waals surface area (Å²) in [6, 6.07) is 0. The van der Waals surface area contributed by atoms with E-state index in [1.54, 1.807) is 0 Å². The lowest BCUT2D eigenvalue weighted by molar-refractivity contribution is -0.452. The maximum absolute atomic E-state index is 14.1. The van der Waals surface area contributed by atoms with Gasteiger partial charge in [0.15, 0.2) is 0 Å². The zero-order valence-electron chi connectivity index (χ0n) is 24.9. The molecule has 0 bridgehead atoms. The molecule has 0 saturated carbocycles. The molecule has 0 saturated heterocycles. The Morgan fingerprint density at radius 1 is 0.407 bits per heavy atom. The standard InChI is InChI=1S/C20H18F26NO6P/c21-9(22,11(25,26)13(29,30)15(33,34)16(35,36)18(39,40)20(44,45)46)1-7-51-54(50,53-47(3-5-48)4-6-49)52-8-2-10(23,24)12(27,28)14(31,32)17(37,38)19(41,42)43/h48-49H,1-8H2. The number of hydrogen-bond acceptors (Lipinski definition) is 7. The van der Waals surface area contributed by atoms with Gasteiger partial charge in [0.1, 0.15) is 0 Å². The van der Waals surface area contributed by atoms with Gasteiger partial charge in [0, 0.05) is 25.9 Å². The van der Waals surface area contributed by atoms with Gasteiger partial charge in [-0.05, 0) is 0 Å². The average molecular weight is 893 g/mol. The minimum absolute atomic E-state index is 0.185. The van der Waals surface area contributed by atoms with E-state index in [2.05, 4.69) is 13.7 Å². The van der Waals surface area contributed by atoms with Gasteiger partial charge in [-0.1, -0.05) is 0 Å². The van der Waals surface area contributed by atoms with Crippen LogP contribution >= 0.6 is 7.82 Å². The summed E-state index contributed by atoms with van der Waals surface area (Å²) >= 11 is 0. The second-order valence-electron chi connectivity index (χ2n) is 10.1. The number of hydrogen-bond donors (Lipinski definition) is 2. The fourth-order valence-electron chi connectivity index (χ4n) is 3.13.